The summed E-state index contributed by atoms with van der Waals surface area (Å²) in [6, 6.07) is 3.38. The van der Waals surface area contributed by atoms with E-state index in [1.165, 1.54) is 0 Å². The average Bonchev–Trinajstić information content (AvgIpc) is 2.85. The molecule has 2 aromatic rings. The molecule has 1 unspecified atom stereocenters. The normalized spacial score (nSPS) is 12.7. The number of aryl methyl sites for hydroxylation is 1. The smallest absolute Gasteiger partial charge is 0.194 e. The fraction of sp³-hybridized carbons (Fsp3) is 0.231. The molecule has 0 aliphatic heterocycles. The fourth-order valence-corrected chi connectivity index (χ4v) is 2.42. The third-order valence-electron chi connectivity index (χ3n) is 2.76. The van der Waals surface area contributed by atoms with E-state index in [1.54, 1.807) is 11.3 Å². The largest absolute Gasteiger partial charge is 0.324 e. The van der Waals surface area contributed by atoms with Crippen molar-refractivity contribution in [2.45, 2.75) is 18.9 Å². The Kier molecular flexibility index (Phi) is 4.04. The molecule has 0 bridgehead atoms. The van der Waals surface area contributed by atoms with Gasteiger partial charge in [-0.2, -0.15) is 11.3 Å². The van der Waals surface area contributed by atoms with Gasteiger partial charge < -0.3 is 5.73 Å². The summed E-state index contributed by atoms with van der Waals surface area (Å²) in [5.74, 6) is -3.85. The molecular weight excluding hydrogens is 259 g/mol. The molecule has 0 radical (unpaired) electrons. The molecule has 1 atom stereocenters. The molecular formula is C13H12F3NS. The molecule has 0 saturated heterocycles. The van der Waals surface area contributed by atoms with Gasteiger partial charge in [-0.1, -0.05) is 0 Å². The minimum absolute atomic E-state index is 0.279. The van der Waals surface area contributed by atoms with Crippen LogP contribution in [-0.2, 0) is 6.42 Å². The summed E-state index contributed by atoms with van der Waals surface area (Å²) in [6.07, 6.45) is 1.28. The van der Waals surface area contributed by atoms with Gasteiger partial charge in [0.05, 0.1) is 0 Å². The van der Waals surface area contributed by atoms with Crippen molar-refractivity contribution in [3.05, 3.63) is 57.5 Å². The number of nitrogens with two attached hydrogens (primary N) is 1. The molecule has 96 valence electrons. The molecule has 2 rings (SSSR count). The lowest BCUT2D eigenvalue weighted by atomic mass is 10.0. The Morgan fingerprint density at radius 3 is 2.39 bits per heavy atom. The van der Waals surface area contributed by atoms with Crippen LogP contribution in [0.1, 0.15) is 23.6 Å². The number of halogens is 3. The summed E-state index contributed by atoms with van der Waals surface area (Å²) in [6.45, 7) is 0. The standard InChI is InChI=1S/C13H12F3NS/c14-10-5-9(6-11(15)13(10)16)12(17)2-1-8-3-4-18-7-8/h3-7,12H,1-2,17H2. The molecule has 18 heavy (non-hydrogen) atoms. The first kappa shape index (κ1) is 13.1. The number of rotatable bonds is 4. The van der Waals surface area contributed by atoms with E-state index in [0.717, 1.165) is 24.1 Å². The van der Waals surface area contributed by atoms with Gasteiger partial charge in [-0.05, 0) is 52.9 Å². The van der Waals surface area contributed by atoms with Gasteiger partial charge in [0.1, 0.15) is 0 Å². The second-order valence-electron chi connectivity index (χ2n) is 4.08. The molecule has 0 spiro atoms. The topological polar surface area (TPSA) is 26.0 Å². The minimum Gasteiger partial charge on any atom is -0.324 e. The summed E-state index contributed by atoms with van der Waals surface area (Å²) in [5.41, 5.74) is 7.26. The second kappa shape index (κ2) is 5.54. The maximum absolute atomic E-state index is 13.0. The summed E-state index contributed by atoms with van der Waals surface area (Å²) >= 11 is 1.58. The van der Waals surface area contributed by atoms with Gasteiger partial charge in [-0.25, -0.2) is 13.2 Å². The maximum atomic E-state index is 13.0. The summed E-state index contributed by atoms with van der Waals surface area (Å²) in [4.78, 5) is 0. The molecule has 0 aliphatic carbocycles. The monoisotopic (exact) mass is 271 g/mol. The van der Waals surface area contributed by atoms with Crippen molar-refractivity contribution in [3.8, 4) is 0 Å². The molecule has 1 nitrogen and oxygen atoms in total. The SMILES string of the molecule is NC(CCc1ccsc1)c1cc(F)c(F)c(F)c1. The number of hydrogen-bond acceptors (Lipinski definition) is 2. The van der Waals surface area contributed by atoms with E-state index in [-0.39, 0.29) is 5.56 Å². The van der Waals surface area contributed by atoms with Gasteiger partial charge in [0.2, 0.25) is 0 Å². The van der Waals surface area contributed by atoms with Crippen molar-refractivity contribution in [2.24, 2.45) is 5.73 Å². The Balaban J connectivity index is 2.07. The van der Waals surface area contributed by atoms with E-state index in [0.29, 0.717) is 6.42 Å². The highest BCUT2D eigenvalue weighted by atomic mass is 32.1. The quantitative estimate of drug-likeness (QED) is 0.841. The van der Waals surface area contributed by atoms with Crippen LogP contribution in [0.3, 0.4) is 0 Å². The Morgan fingerprint density at radius 2 is 1.83 bits per heavy atom. The van der Waals surface area contributed by atoms with Crippen LogP contribution < -0.4 is 5.73 Å². The fourth-order valence-electron chi connectivity index (χ4n) is 1.71. The zero-order chi connectivity index (χ0) is 13.1. The van der Waals surface area contributed by atoms with Crippen LogP contribution in [0.2, 0.25) is 0 Å². The zero-order valence-electron chi connectivity index (χ0n) is 9.50. The molecule has 0 amide bonds. The highest BCUT2D eigenvalue weighted by Crippen LogP contribution is 2.21. The number of thiophene rings is 1. The maximum Gasteiger partial charge on any atom is 0.194 e. The van der Waals surface area contributed by atoms with E-state index >= 15 is 0 Å². The first-order valence-corrected chi connectivity index (χ1v) is 6.43. The lowest BCUT2D eigenvalue weighted by Gasteiger charge is -2.12. The lowest BCUT2D eigenvalue weighted by molar-refractivity contribution is 0.442. The van der Waals surface area contributed by atoms with Gasteiger partial charge in [0.15, 0.2) is 17.5 Å². The van der Waals surface area contributed by atoms with Gasteiger partial charge in [0, 0.05) is 6.04 Å². The van der Waals surface area contributed by atoms with E-state index in [1.807, 2.05) is 16.8 Å². The van der Waals surface area contributed by atoms with Crippen LogP contribution in [0.4, 0.5) is 13.2 Å². The third kappa shape index (κ3) is 2.91. The molecule has 5 heteroatoms. The Morgan fingerprint density at radius 1 is 1.17 bits per heavy atom. The molecule has 0 fully saturated rings. The Bertz CT molecular complexity index is 502. The predicted octanol–water partition coefficient (Wildman–Crippen LogP) is 3.80. The predicted molar refractivity (Wildman–Crippen MR) is 65.9 cm³/mol. The molecule has 1 aromatic heterocycles. The highest BCUT2D eigenvalue weighted by Gasteiger charge is 2.14. The average molecular weight is 271 g/mol. The summed E-state index contributed by atoms with van der Waals surface area (Å²) in [5, 5.41) is 3.95. The van der Waals surface area contributed by atoms with E-state index < -0.39 is 23.5 Å². The first-order chi connectivity index (χ1) is 8.58. The van der Waals surface area contributed by atoms with Crippen LogP contribution in [-0.4, -0.2) is 0 Å². The van der Waals surface area contributed by atoms with Crippen LogP contribution in [0.15, 0.2) is 29.0 Å². The summed E-state index contributed by atoms with van der Waals surface area (Å²) < 4.78 is 38.9. The highest BCUT2D eigenvalue weighted by molar-refractivity contribution is 7.07. The first-order valence-electron chi connectivity index (χ1n) is 5.49. The van der Waals surface area contributed by atoms with Gasteiger partial charge in [0.25, 0.3) is 0 Å². The van der Waals surface area contributed by atoms with Crippen molar-refractivity contribution in [1.82, 2.24) is 0 Å². The van der Waals surface area contributed by atoms with E-state index in [2.05, 4.69) is 0 Å². The van der Waals surface area contributed by atoms with Crippen molar-refractivity contribution in [1.29, 1.82) is 0 Å². The van der Waals surface area contributed by atoms with Crippen molar-refractivity contribution in [3.63, 3.8) is 0 Å². The van der Waals surface area contributed by atoms with Crippen LogP contribution in [0.5, 0.6) is 0 Å². The van der Waals surface area contributed by atoms with Crippen LogP contribution in [0, 0.1) is 17.5 Å². The van der Waals surface area contributed by atoms with E-state index in [4.69, 9.17) is 5.73 Å². The van der Waals surface area contributed by atoms with Crippen molar-refractivity contribution < 1.29 is 13.2 Å². The molecule has 2 N–H and O–H groups in total. The van der Waals surface area contributed by atoms with E-state index in [9.17, 15) is 13.2 Å². The zero-order valence-corrected chi connectivity index (χ0v) is 10.3. The van der Waals surface area contributed by atoms with Gasteiger partial charge in [-0.3, -0.25) is 0 Å². The molecule has 1 heterocycles. The molecule has 1 aromatic carbocycles. The Hall–Kier alpha value is -1.33. The number of hydrogen-bond donors (Lipinski definition) is 1. The molecule has 0 saturated carbocycles. The van der Waals surface area contributed by atoms with Gasteiger partial charge in [-0.15, -0.1) is 0 Å². The summed E-state index contributed by atoms with van der Waals surface area (Å²) in [7, 11) is 0. The number of benzene rings is 1. The third-order valence-corrected chi connectivity index (χ3v) is 3.49. The van der Waals surface area contributed by atoms with Crippen molar-refractivity contribution in [2.75, 3.05) is 0 Å². The lowest BCUT2D eigenvalue weighted by Crippen LogP contribution is -2.12. The second-order valence-corrected chi connectivity index (χ2v) is 4.86. The minimum atomic E-state index is -1.45. The van der Waals surface area contributed by atoms with Gasteiger partial charge >= 0.3 is 0 Å². The van der Waals surface area contributed by atoms with Crippen molar-refractivity contribution >= 4 is 11.3 Å². The van der Waals surface area contributed by atoms with Crippen LogP contribution >= 0.6 is 11.3 Å². The van der Waals surface area contributed by atoms with Crippen LogP contribution in [0.25, 0.3) is 0 Å². The Labute approximate surface area is 107 Å². The molecule has 0 aliphatic rings.